The van der Waals surface area contributed by atoms with E-state index in [0.717, 1.165) is 24.2 Å². The molecule has 0 radical (unpaired) electrons. The van der Waals surface area contributed by atoms with Crippen LogP contribution in [-0.4, -0.2) is 59.4 Å². The number of nitrogens with zero attached hydrogens (tertiary/aromatic N) is 2. The van der Waals surface area contributed by atoms with Crippen LogP contribution in [-0.2, 0) is 9.59 Å². The van der Waals surface area contributed by atoms with Gasteiger partial charge in [-0.25, -0.2) is 0 Å². The summed E-state index contributed by atoms with van der Waals surface area (Å²) in [5.41, 5.74) is 2.43. The van der Waals surface area contributed by atoms with Gasteiger partial charge >= 0.3 is 0 Å². The average Bonchev–Trinajstić information content (AvgIpc) is 3.08. The maximum absolute atomic E-state index is 13.2. The fourth-order valence-electron chi connectivity index (χ4n) is 4.24. The molecule has 3 rings (SSSR count). The molecule has 1 heterocycles. The number of carbonyl (C=O) groups is 2. The van der Waals surface area contributed by atoms with Crippen LogP contribution in [0.4, 0.5) is 0 Å². The van der Waals surface area contributed by atoms with Gasteiger partial charge in [0.25, 0.3) is 11.7 Å². The number of likely N-dealkylation sites (tertiary alicyclic amines) is 1. The highest BCUT2D eigenvalue weighted by Crippen LogP contribution is 2.40. The third kappa shape index (κ3) is 5.50. The molecule has 2 aromatic carbocycles. The van der Waals surface area contributed by atoms with E-state index in [9.17, 15) is 14.7 Å². The Labute approximate surface area is 202 Å². The van der Waals surface area contributed by atoms with Crippen molar-refractivity contribution in [1.82, 2.24) is 9.80 Å². The topological polar surface area (TPSA) is 70.1 Å². The minimum Gasteiger partial charge on any atom is -0.507 e. The summed E-state index contributed by atoms with van der Waals surface area (Å²) in [5.74, 6) is -0.286. The van der Waals surface area contributed by atoms with E-state index in [2.05, 4.69) is 32.6 Å². The monoisotopic (exact) mass is 464 g/mol. The number of benzene rings is 2. The standard InChI is InChI=1S/C28H36N2O4/c1-6-29(7-2)16-17-30-25(23-11-9-8-10-20(23)5)24(27(32)28(30)33)26(31)21-12-14-22(15-13-21)34-18-19(3)4/h8-15,19,25,31H,6-7,16-18H2,1-5H3/b26-24-. The Balaban J connectivity index is 2.02. The molecule has 1 saturated heterocycles. The first-order valence-corrected chi connectivity index (χ1v) is 12.1. The zero-order valence-corrected chi connectivity index (χ0v) is 20.9. The molecule has 2 aromatic rings. The van der Waals surface area contributed by atoms with Crippen molar-refractivity contribution in [2.75, 3.05) is 32.8 Å². The number of amides is 1. The van der Waals surface area contributed by atoms with Crippen molar-refractivity contribution in [3.8, 4) is 5.75 Å². The van der Waals surface area contributed by atoms with Crippen LogP contribution >= 0.6 is 0 Å². The Morgan fingerprint density at radius 3 is 2.29 bits per heavy atom. The van der Waals surface area contributed by atoms with Gasteiger partial charge in [0.15, 0.2) is 0 Å². The largest absolute Gasteiger partial charge is 0.507 e. The third-order valence-electron chi connectivity index (χ3n) is 6.29. The number of aliphatic hydroxyl groups is 1. The van der Waals surface area contributed by atoms with Gasteiger partial charge in [0.2, 0.25) is 0 Å². The maximum Gasteiger partial charge on any atom is 0.295 e. The first kappa shape index (κ1) is 25.5. The van der Waals surface area contributed by atoms with Crippen molar-refractivity contribution >= 4 is 17.4 Å². The van der Waals surface area contributed by atoms with Crippen LogP contribution in [0.15, 0.2) is 54.1 Å². The summed E-state index contributed by atoms with van der Waals surface area (Å²) in [6, 6.07) is 14.1. The van der Waals surface area contributed by atoms with Gasteiger partial charge in [0, 0.05) is 18.7 Å². The lowest BCUT2D eigenvalue weighted by molar-refractivity contribution is -0.140. The van der Waals surface area contributed by atoms with Gasteiger partial charge in [0.05, 0.1) is 18.2 Å². The number of ketones is 1. The molecule has 1 aliphatic rings. The summed E-state index contributed by atoms with van der Waals surface area (Å²) in [4.78, 5) is 30.2. The molecule has 0 saturated carbocycles. The van der Waals surface area contributed by atoms with Crippen LogP contribution in [0.3, 0.4) is 0 Å². The Morgan fingerprint density at radius 2 is 1.71 bits per heavy atom. The second-order valence-corrected chi connectivity index (χ2v) is 9.11. The minimum atomic E-state index is -0.648. The van der Waals surface area contributed by atoms with Crippen molar-refractivity contribution in [3.63, 3.8) is 0 Å². The number of rotatable bonds is 10. The highest BCUT2D eigenvalue weighted by atomic mass is 16.5. The molecule has 6 heteroatoms. The van der Waals surface area contributed by atoms with Crippen molar-refractivity contribution in [3.05, 3.63) is 70.8 Å². The SMILES string of the molecule is CCN(CC)CCN1C(=O)C(=O)/C(=C(\O)c2ccc(OCC(C)C)cc2)C1c1ccccc1C. The van der Waals surface area contributed by atoms with Crippen LogP contribution in [0, 0.1) is 12.8 Å². The number of carbonyl (C=O) groups excluding carboxylic acids is 2. The smallest absolute Gasteiger partial charge is 0.295 e. The second kappa shape index (κ2) is 11.3. The molecule has 0 bridgehead atoms. The number of Topliss-reactive ketones (excluding diaryl/α,β-unsaturated/α-hetero) is 1. The number of aryl methyl sites for hydroxylation is 1. The molecule has 1 unspecified atom stereocenters. The molecular weight excluding hydrogens is 428 g/mol. The lowest BCUT2D eigenvalue weighted by atomic mass is 9.92. The summed E-state index contributed by atoms with van der Waals surface area (Å²) in [5, 5.41) is 11.3. The van der Waals surface area contributed by atoms with E-state index in [4.69, 9.17) is 4.74 Å². The molecule has 0 aromatic heterocycles. The van der Waals surface area contributed by atoms with E-state index in [-0.39, 0.29) is 11.3 Å². The fraction of sp³-hybridized carbons (Fsp3) is 0.429. The van der Waals surface area contributed by atoms with E-state index >= 15 is 0 Å². The molecule has 6 nitrogen and oxygen atoms in total. The van der Waals surface area contributed by atoms with Crippen molar-refractivity contribution in [1.29, 1.82) is 0 Å². The number of likely N-dealkylation sites (N-methyl/N-ethyl adjacent to an activating group) is 1. The molecule has 1 atom stereocenters. The summed E-state index contributed by atoms with van der Waals surface area (Å²) in [6.45, 7) is 13.6. The van der Waals surface area contributed by atoms with Crippen molar-refractivity contribution in [2.24, 2.45) is 5.92 Å². The zero-order chi connectivity index (χ0) is 24.8. The summed E-state index contributed by atoms with van der Waals surface area (Å²) in [6.07, 6.45) is 0. The summed E-state index contributed by atoms with van der Waals surface area (Å²) >= 11 is 0. The van der Waals surface area contributed by atoms with E-state index in [0.29, 0.717) is 36.9 Å². The predicted molar refractivity (Wildman–Crippen MR) is 135 cm³/mol. The third-order valence-corrected chi connectivity index (χ3v) is 6.29. The molecule has 0 spiro atoms. The van der Waals surface area contributed by atoms with Gasteiger partial charge in [-0.05, 0) is 61.3 Å². The Hall–Kier alpha value is -3.12. The molecular formula is C28H36N2O4. The van der Waals surface area contributed by atoms with Gasteiger partial charge < -0.3 is 19.6 Å². The predicted octanol–water partition coefficient (Wildman–Crippen LogP) is 4.79. The van der Waals surface area contributed by atoms with Crippen molar-refractivity contribution in [2.45, 2.75) is 40.7 Å². The first-order valence-electron chi connectivity index (χ1n) is 12.1. The summed E-state index contributed by atoms with van der Waals surface area (Å²) < 4.78 is 5.73. The minimum absolute atomic E-state index is 0.134. The van der Waals surface area contributed by atoms with Gasteiger partial charge in [-0.1, -0.05) is 52.0 Å². The number of hydrogen-bond donors (Lipinski definition) is 1. The highest BCUT2D eigenvalue weighted by Gasteiger charge is 2.46. The quantitative estimate of drug-likeness (QED) is 0.311. The van der Waals surface area contributed by atoms with Crippen molar-refractivity contribution < 1.29 is 19.4 Å². The Bertz CT molecular complexity index is 1040. The summed E-state index contributed by atoms with van der Waals surface area (Å²) in [7, 11) is 0. The van der Waals surface area contributed by atoms with Gasteiger partial charge in [-0.2, -0.15) is 0 Å². The first-order chi connectivity index (χ1) is 16.3. The Kier molecular flexibility index (Phi) is 8.51. The molecule has 182 valence electrons. The van der Waals surface area contributed by atoms with E-state index in [1.54, 1.807) is 29.2 Å². The number of aliphatic hydroxyl groups excluding tert-OH is 1. The second-order valence-electron chi connectivity index (χ2n) is 9.11. The van der Waals surface area contributed by atoms with Crippen LogP contribution < -0.4 is 4.74 Å². The number of ether oxygens (including phenoxy) is 1. The number of hydrogen-bond acceptors (Lipinski definition) is 5. The molecule has 1 aliphatic heterocycles. The van der Waals surface area contributed by atoms with E-state index < -0.39 is 17.7 Å². The van der Waals surface area contributed by atoms with Crippen LogP contribution in [0.1, 0.15) is 50.4 Å². The van der Waals surface area contributed by atoms with E-state index in [1.807, 2.05) is 31.2 Å². The lowest BCUT2D eigenvalue weighted by Crippen LogP contribution is -2.38. The normalized spacial score (nSPS) is 17.7. The Morgan fingerprint density at radius 1 is 1.06 bits per heavy atom. The molecule has 1 amide bonds. The molecule has 34 heavy (non-hydrogen) atoms. The van der Waals surface area contributed by atoms with Crippen LogP contribution in [0.25, 0.3) is 5.76 Å². The van der Waals surface area contributed by atoms with Crippen LogP contribution in [0.5, 0.6) is 5.75 Å². The molecule has 1 fully saturated rings. The molecule has 0 aliphatic carbocycles. The fourth-order valence-corrected chi connectivity index (χ4v) is 4.24. The molecule has 1 N–H and O–H groups in total. The van der Waals surface area contributed by atoms with Crippen LogP contribution in [0.2, 0.25) is 0 Å². The van der Waals surface area contributed by atoms with E-state index in [1.165, 1.54) is 0 Å². The zero-order valence-electron chi connectivity index (χ0n) is 20.9. The highest BCUT2D eigenvalue weighted by molar-refractivity contribution is 6.46. The van der Waals surface area contributed by atoms with Gasteiger partial charge in [0.1, 0.15) is 11.5 Å². The lowest BCUT2D eigenvalue weighted by Gasteiger charge is -2.29. The van der Waals surface area contributed by atoms with Gasteiger partial charge in [-0.15, -0.1) is 0 Å². The average molecular weight is 465 g/mol. The maximum atomic E-state index is 13.2. The van der Waals surface area contributed by atoms with Gasteiger partial charge in [-0.3, -0.25) is 9.59 Å².